The zero-order valence-electron chi connectivity index (χ0n) is 15.2. The Morgan fingerprint density at radius 3 is 2.71 bits per heavy atom. The molecular weight excluding hydrogens is 302 g/mol. The van der Waals surface area contributed by atoms with E-state index >= 15 is 0 Å². The topological polar surface area (TPSA) is 55.8 Å². The van der Waals surface area contributed by atoms with Crippen LogP contribution in [0.3, 0.4) is 0 Å². The minimum atomic E-state index is -0.517. The quantitative estimate of drug-likeness (QED) is 0.841. The third kappa shape index (κ3) is 6.13. The highest BCUT2D eigenvalue weighted by molar-refractivity contribution is 5.73. The Morgan fingerprint density at radius 2 is 2.04 bits per heavy atom. The molecule has 2 rings (SSSR count). The van der Waals surface area contributed by atoms with Gasteiger partial charge in [-0.1, -0.05) is 31.2 Å². The van der Waals surface area contributed by atoms with Crippen molar-refractivity contribution in [3.8, 4) is 0 Å². The van der Waals surface area contributed by atoms with Crippen LogP contribution >= 0.6 is 0 Å². The minimum Gasteiger partial charge on any atom is -0.392 e. The maximum atomic E-state index is 12.0. The van der Waals surface area contributed by atoms with E-state index in [4.69, 9.17) is 0 Å². The molecule has 5 heteroatoms. The van der Waals surface area contributed by atoms with Gasteiger partial charge in [0.05, 0.1) is 6.10 Å². The second-order valence-electron chi connectivity index (χ2n) is 7.17. The standard InChI is InChI=1S/C19H31N3O2/c1-15-7-9-22(10-8-15)14-18-6-4-5-17(11-18)12-20-19(24)21(3)13-16(2)23/h4-6,11,15-16,23H,7-10,12-14H2,1-3H3,(H,20,24). The minimum absolute atomic E-state index is 0.161. The zero-order valence-corrected chi connectivity index (χ0v) is 15.2. The molecule has 1 atom stereocenters. The van der Waals surface area contributed by atoms with E-state index in [-0.39, 0.29) is 6.03 Å². The molecule has 1 heterocycles. The zero-order chi connectivity index (χ0) is 17.5. The summed E-state index contributed by atoms with van der Waals surface area (Å²) in [4.78, 5) is 16.0. The first-order valence-electron chi connectivity index (χ1n) is 8.91. The molecule has 0 spiro atoms. The summed E-state index contributed by atoms with van der Waals surface area (Å²) >= 11 is 0. The lowest BCUT2D eigenvalue weighted by Gasteiger charge is -2.30. The summed E-state index contributed by atoms with van der Waals surface area (Å²) in [5.74, 6) is 0.849. The van der Waals surface area contributed by atoms with E-state index < -0.39 is 6.10 Å². The van der Waals surface area contributed by atoms with Crippen LogP contribution in [0, 0.1) is 5.92 Å². The van der Waals surface area contributed by atoms with Gasteiger partial charge in [-0.2, -0.15) is 0 Å². The lowest BCUT2D eigenvalue weighted by atomic mass is 9.98. The lowest BCUT2D eigenvalue weighted by molar-refractivity contribution is 0.143. The van der Waals surface area contributed by atoms with Crippen molar-refractivity contribution < 1.29 is 9.90 Å². The van der Waals surface area contributed by atoms with Gasteiger partial charge in [-0.3, -0.25) is 4.90 Å². The van der Waals surface area contributed by atoms with E-state index in [9.17, 15) is 9.90 Å². The summed E-state index contributed by atoms with van der Waals surface area (Å²) in [7, 11) is 1.69. The molecule has 1 unspecified atom stereocenters. The van der Waals surface area contributed by atoms with Crippen LogP contribution in [0.5, 0.6) is 0 Å². The Labute approximate surface area is 145 Å². The molecule has 1 aliphatic rings. The number of likely N-dealkylation sites (N-methyl/N-ethyl adjacent to an activating group) is 1. The fourth-order valence-corrected chi connectivity index (χ4v) is 3.11. The number of amides is 2. The molecule has 24 heavy (non-hydrogen) atoms. The Kier molecular flexibility index (Phi) is 7.06. The predicted molar refractivity (Wildman–Crippen MR) is 96.7 cm³/mol. The third-order valence-electron chi connectivity index (χ3n) is 4.60. The van der Waals surface area contributed by atoms with Crippen LogP contribution in [0.1, 0.15) is 37.8 Å². The van der Waals surface area contributed by atoms with Crippen LogP contribution in [0.2, 0.25) is 0 Å². The smallest absolute Gasteiger partial charge is 0.317 e. The van der Waals surface area contributed by atoms with Crippen LogP contribution in [-0.2, 0) is 13.1 Å². The molecule has 1 aliphatic heterocycles. The molecule has 2 amide bonds. The Balaban J connectivity index is 1.83. The molecule has 0 saturated carbocycles. The monoisotopic (exact) mass is 333 g/mol. The Hall–Kier alpha value is -1.59. The maximum absolute atomic E-state index is 12.0. The highest BCUT2D eigenvalue weighted by Crippen LogP contribution is 2.18. The van der Waals surface area contributed by atoms with Crippen LogP contribution in [0.25, 0.3) is 0 Å². The van der Waals surface area contributed by atoms with Crippen LogP contribution in [0.15, 0.2) is 24.3 Å². The van der Waals surface area contributed by atoms with Gasteiger partial charge in [0.15, 0.2) is 0 Å². The van der Waals surface area contributed by atoms with E-state index in [2.05, 4.69) is 35.3 Å². The van der Waals surface area contributed by atoms with Crippen LogP contribution in [-0.4, -0.2) is 53.7 Å². The van der Waals surface area contributed by atoms with Crippen molar-refractivity contribution in [3.63, 3.8) is 0 Å². The van der Waals surface area contributed by atoms with Gasteiger partial charge in [0, 0.05) is 26.7 Å². The number of benzene rings is 1. The number of nitrogens with one attached hydrogen (secondary N) is 1. The lowest BCUT2D eigenvalue weighted by Crippen LogP contribution is -2.40. The van der Waals surface area contributed by atoms with Crippen molar-refractivity contribution in [2.75, 3.05) is 26.7 Å². The van der Waals surface area contributed by atoms with E-state index in [0.717, 1.165) is 18.0 Å². The summed E-state index contributed by atoms with van der Waals surface area (Å²) in [6, 6.07) is 8.27. The SMILES string of the molecule is CC(O)CN(C)C(=O)NCc1cccc(CN2CCC(C)CC2)c1. The molecule has 0 radical (unpaired) electrons. The number of carbonyl (C=O) groups is 1. The molecule has 134 valence electrons. The second-order valence-corrected chi connectivity index (χ2v) is 7.17. The molecule has 1 saturated heterocycles. The van der Waals surface area contributed by atoms with Crippen molar-refractivity contribution >= 4 is 6.03 Å². The number of nitrogens with zero attached hydrogens (tertiary/aromatic N) is 2. The molecule has 5 nitrogen and oxygen atoms in total. The Morgan fingerprint density at radius 1 is 1.38 bits per heavy atom. The number of aliphatic hydroxyl groups excluding tert-OH is 1. The van der Waals surface area contributed by atoms with Gasteiger partial charge in [0.25, 0.3) is 0 Å². The first-order chi connectivity index (χ1) is 11.4. The molecular formula is C19H31N3O2. The number of rotatable bonds is 6. The van der Waals surface area contributed by atoms with Gasteiger partial charge in [-0.05, 0) is 49.9 Å². The van der Waals surface area contributed by atoms with Gasteiger partial charge in [-0.15, -0.1) is 0 Å². The van der Waals surface area contributed by atoms with Crippen molar-refractivity contribution in [3.05, 3.63) is 35.4 Å². The van der Waals surface area contributed by atoms with Gasteiger partial charge >= 0.3 is 6.03 Å². The first-order valence-corrected chi connectivity index (χ1v) is 8.91. The Bertz CT molecular complexity index is 525. The van der Waals surface area contributed by atoms with Gasteiger partial charge < -0.3 is 15.3 Å². The normalized spacial score (nSPS) is 17.5. The summed E-state index contributed by atoms with van der Waals surface area (Å²) in [6.45, 7) is 8.17. The average Bonchev–Trinajstić information content (AvgIpc) is 2.54. The van der Waals surface area contributed by atoms with E-state index in [0.29, 0.717) is 13.1 Å². The first kappa shape index (κ1) is 18.7. The molecule has 0 bridgehead atoms. The van der Waals surface area contributed by atoms with Gasteiger partial charge in [0.1, 0.15) is 0 Å². The average molecular weight is 333 g/mol. The van der Waals surface area contributed by atoms with Crippen molar-refractivity contribution in [1.82, 2.24) is 15.1 Å². The van der Waals surface area contributed by atoms with Gasteiger partial charge in [-0.25, -0.2) is 4.79 Å². The van der Waals surface area contributed by atoms with E-state index in [1.165, 1.54) is 36.4 Å². The van der Waals surface area contributed by atoms with E-state index in [1.807, 2.05) is 6.07 Å². The highest BCUT2D eigenvalue weighted by Gasteiger charge is 2.16. The van der Waals surface area contributed by atoms with Crippen molar-refractivity contribution in [2.45, 2.75) is 45.9 Å². The van der Waals surface area contributed by atoms with Crippen LogP contribution < -0.4 is 5.32 Å². The number of hydrogen-bond donors (Lipinski definition) is 2. The molecule has 0 aromatic heterocycles. The summed E-state index contributed by atoms with van der Waals surface area (Å²) in [6.07, 6.45) is 2.05. The maximum Gasteiger partial charge on any atom is 0.317 e. The highest BCUT2D eigenvalue weighted by atomic mass is 16.3. The van der Waals surface area contributed by atoms with Crippen molar-refractivity contribution in [2.24, 2.45) is 5.92 Å². The van der Waals surface area contributed by atoms with E-state index in [1.54, 1.807) is 14.0 Å². The number of likely N-dealkylation sites (tertiary alicyclic amines) is 1. The molecule has 1 aromatic carbocycles. The molecule has 1 aromatic rings. The largest absolute Gasteiger partial charge is 0.392 e. The molecule has 1 fully saturated rings. The number of aliphatic hydroxyl groups is 1. The molecule has 2 N–H and O–H groups in total. The summed E-state index contributed by atoms with van der Waals surface area (Å²) in [5.41, 5.74) is 2.41. The fourth-order valence-electron chi connectivity index (χ4n) is 3.11. The summed E-state index contributed by atoms with van der Waals surface area (Å²) < 4.78 is 0. The number of piperidine rings is 1. The third-order valence-corrected chi connectivity index (χ3v) is 4.60. The van der Waals surface area contributed by atoms with Crippen LogP contribution in [0.4, 0.5) is 4.79 Å². The summed E-state index contributed by atoms with van der Waals surface area (Å²) in [5, 5.41) is 12.2. The molecule has 0 aliphatic carbocycles. The van der Waals surface area contributed by atoms with Crippen molar-refractivity contribution in [1.29, 1.82) is 0 Å². The number of carbonyl (C=O) groups excluding carboxylic acids is 1. The fraction of sp³-hybridized carbons (Fsp3) is 0.632. The number of urea groups is 1. The predicted octanol–water partition coefficient (Wildman–Crippen LogP) is 2.44. The van der Waals surface area contributed by atoms with Gasteiger partial charge in [0.2, 0.25) is 0 Å². The number of hydrogen-bond acceptors (Lipinski definition) is 3. The second kappa shape index (κ2) is 9.04.